The van der Waals surface area contributed by atoms with E-state index in [2.05, 4.69) is 10.5 Å². The molecule has 8 nitrogen and oxygen atoms in total. The van der Waals surface area contributed by atoms with Crippen molar-refractivity contribution in [2.24, 2.45) is 5.10 Å². The van der Waals surface area contributed by atoms with Crippen LogP contribution in [0.2, 0.25) is 0 Å². The van der Waals surface area contributed by atoms with Gasteiger partial charge in [-0.05, 0) is 48.9 Å². The maximum absolute atomic E-state index is 12.4. The Labute approximate surface area is 163 Å². The van der Waals surface area contributed by atoms with Gasteiger partial charge in [-0.25, -0.2) is 13.8 Å². The minimum atomic E-state index is -3.67. The van der Waals surface area contributed by atoms with Crippen molar-refractivity contribution in [1.82, 2.24) is 5.43 Å². The maximum Gasteiger partial charge on any atom is 0.308 e. The van der Waals surface area contributed by atoms with E-state index >= 15 is 0 Å². The van der Waals surface area contributed by atoms with Gasteiger partial charge in [-0.15, -0.1) is 0 Å². The van der Waals surface area contributed by atoms with Gasteiger partial charge in [0.1, 0.15) is 11.8 Å². The first kappa shape index (κ1) is 21.1. The van der Waals surface area contributed by atoms with Gasteiger partial charge in [0.15, 0.2) is 0 Å². The number of nitrogens with zero attached hydrogens (tertiary/aromatic N) is 2. The molecule has 0 bridgehead atoms. The molecule has 9 heteroatoms. The highest BCUT2D eigenvalue weighted by molar-refractivity contribution is 7.92. The van der Waals surface area contributed by atoms with Crippen LogP contribution in [0.4, 0.5) is 5.69 Å². The largest absolute Gasteiger partial charge is 0.427 e. The number of carbonyl (C=O) groups is 2. The van der Waals surface area contributed by atoms with Crippen LogP contribution < -0.4 is 14.5 Å². The lowest BCUT2D eigenvalue weighted by Crippen LogP contribution is -2.46. The third kappa shape index (κ3) is 5.92. The molecule has 28 heavy (non-hydrogen) atoms. The van der Waals surface area contributed by atoms with Crippen molar-refractivity contribution in [3.63, 3.8) is 0 Å². The number of ether oxygens (including phenoxy) is 1. The number of carbonyl (C=O) groups excluding carboxylic acids is 2. The molecular weight excluding hydrogens is 382 g/mol. The number of esters is 1. The fourth-order valence-corrected chi connectivity index (χ4v) is 3.61. The molecule has 0 aliphatic carbocycles. The van der Waals surface area contributed by atoms with Crippen LogP contribution in [0.5, 0.6) is 5.75 Å². The average Bonchev–Trinajstić information content (AvgIpc) is 2.62. The Morgan fingerprint density at radius 2 is 1.71 bits per heavy atom. The smallest absolute Gasteiger partial charge is 0.308 e. The van der Waals surface area contributed by atoms with Crippen molar-refractivity contribution in [3.8, 4) is 5.75 Å². The highest BCUT2D eigenvalue weighted by Crippen LogP contribution is 2.20. The standard InChI is InChI=1S/C19H21N3O5S/c1-14(22(28(3,25)26)17-7-5-4-6-8-17)19(24)21-20-13-16-9-11-18(12-10-16)27-15(2)23/h4-14H,1-3H3,(H,21,24)/b20-13-/t14-/m1/s1. The summed E-state index contributed by atoms with van der Waals surface area (Å²) >= 11 is 0. The number of amides is 1. The van der Waals surface area contributed by atoms with Gasteiger partial charge in [0, 0.05) is 6.92 Å². The Balaban J connectivity index is 2.06. The molecule has 2 aromatic rings. The summed E-state index contributed by atoms with van der Waals surface area (Å²) in [5.41, 5.74) is 3.39. The third-order valence-corrected chi connectivity index (χ3v) is 4.87. The summed E-state index contributed by atoms with van der Waals surface area (Å²) in [6.45, 7) is 2.79. The van der Waals surface area contributed by atoms with Gasteiger partial charge in [0.05, 0.1) is 18.2 Å². The molecule has 0 radical (unpaired) electrons. The van der Waals surface area contributed by atoms with E-state index in [4.69, 9.17) is 4.74 Å². The molecule has 0 aliphatic heterocycles. The van der Waals surface area contributed by atoms with Gasteiger partial charge in [0.2, 0.25) is 10.0 Å². The summed E-state index contributed by atoms with van der Waals surface area (Å²) in [5.74, 6) is -0.604. The number of hydrogen-bond acceptors (Lipinski definition) is 6. The van der Waals surface area contributed by atoms with Crippen molar-refractivity contribution in [3.05, 3.63) is 60.2 Å². The van der Waals surface area contributed by atoms with Crippen LogP contribution in [0.25, 0.3) is 0 Å². The molecule has 2 aromatic carbocycles. The fraction of sp³-hybridized carbons (Fsp3) is 0.211. The zero-order valence-corrected chi connectivity index (χ0v) is 16.5. The fourth-order valence-electron chi connectivity index (χ4n) is 2.44. The molecule has 0 aromatic heterocycles. The Morgan fingerprint density at radius 1 is 1.11 bits per heavy atom. The molecule has 0 saturated heterocycles. The second kappa shape index (κ2) is 9.14. The predicted octanol–water partition coefficient (Wildman–Crippen LogP) is 1.92. The number of sulfonamides is 1. The number of benzene rings is 2. The van der Waals surface area contributed by atoms with Crippen LogP contribution in [-0.2, 0) is 19.6 Å². The van der Waals surface area contributed by atoms with Crippen molar-refractivity contribution < 1.29 is 22.7 Å². The number of nitrogens with one attached hydrogen (secondary N) is 1. The molecule has 1 atom stereocenters. The molecular formula is C19H21N3O5S. The normalized spacial score (nSPS) is 12.4. The second-order valence-electron chi connectivity index (χ2n) is 5.97. The highest BCUT2D eigenvalue weighted by atomic mass is 32.2. The first-order valence-corrected chi connectivity index (χ1v) is 10.2. The molecule has 0 heterocycles. The zero-order valence-electron chi connectivity index (χ0n) is 15.7. The van der Waals surface area contributed by atoms with Crippen LogP contribution in [0, 0.1) is 0 Å². The van der Waals surface area contributed by atoms with E-state index in [1.54, 1.807) is 54.6 Å². The van der Waals surface area contributed by atoms with E-state index in [1.807, 2.05) is 0 Å². The summed E-state index contributed by atoms with van der Waals surface area (Å²) < 4.78 is 30.3. The summed E-state index contributed by atoms with van der Waals surface area (Å²) in [6.07, 6.45) is 2.44. The number of anilines is 1. The Bertz CT molecular complexity index is 957. The summed E-state index contributed by atoms with van der Waals surface area (Å²) in [6, 6.07) is 13.9. The van der Waals surface area contributed by atoms with Crippen LogP contribution in [0.3, 0.4) is 0 Å². The monoisotopic (exact) mass is 403 g/mol. The van der Waals surface area contributed by atoms with Crippen LogP contribution >= 0.6 is 0 Å². The van der Waals surface area contributed by atoms with Crippen molar-refractivity contribution in [2.75, 3.05) is 10.6 Å². The quantitative estimate of drug-likeness (QED) is 0.329. The van der Waals surface area contributed by atoms with E-state index in [1.165, 1.54) is 20.1 Å². The van der Waals surface area contributed by atoms with E-state index in [-0.39, 0.29) is 0 Å². The van der Waals surface area contributed by atoms with E-state index in [9.17, 15) is 18.0 Å². The molecule has 148 valence electrons. The lowest BCUT2D eigenvalue weighted by Gasteiger charge is -2.27. The van der Waals surface area contributed by atoms with E-state index in [0.29, 0.717) is 17.0 Å². The molecule has 0 unspecified atom stereocenters. The molecule has 2 rings (SSSR count). The number of rotatable bonds is 7. The van der Waals surface area contributed by atoms with Crippen molar-refractivity contribution >= 4 is 33.8 Å². The predicted molar refractivity (Wildman–Crippen MR) is 107 cm³/mol. The molecule has 0 spiro atoms. The van der Waals surface area contributed by atoms with Crippen LogP contribution in [0.15, 0.2) is 59.7 Å². The SMILES string of the molecule is CC(=O)Oc1ccc(/C=N\NC(=O)[C@@H](C)N(c2ccccc2)S(C)(=O)=O)cc1. The van der Waals surface area contributed by atoms with Gasteiger partial charge in [-0.1, -0.05) is 18.2 Å². The summed E-state index contributed by atoms with van der Waals surface area (Å²) in [7, 11) is -3.67. The lowest BCUT2D eigenvalue weighted by molar-refractivity contribution is -0.131. The highest BCUT2D eigenvalue weighted by Gasteiger charge is 2.28. The van der Waals surface area contributed by atoms with Crippen LogP contribution in [0.1, 0.15) is 19.4 Å². The summed E-state index contributed by atoms with van der Waals surface area (Å²) in [5, 5.41) is 3.86. The van der Waals surface area contributed by atoms with Crippen molar-refractivity contribution in [1.29, 1.82) is 0 Å². The van der Waals surface area contributed by atoms with Crippen LogP contribution in [-0.4, -0.2) is 38.8 Å². The topological polar surface area (TPSA) is 105 Å². The number of hydrogen-bond donors (Lipinski definition) is 1. The van der Waals surface area contributed by atoms with Gasteiger partial charge in [-0.3, -0.25) is 13.9 Å². The maximum atomic E-state index is 12.4. The van der Waals surface area contributed by atoms with Gasteiger partial charge < -0.3 is 4.74 Å². The second-order valence-corrected chi connectivity index (χ2v) is 7.83. The molecule has 0 fully saturated rings. The summed E-state index contributed by atoms with van der Waals surface area (Å²) in [4.78, 5) is 23.3. The third-order valence-electron chi connectivity index (χ3n) is 3.63. The minimum absolute atomic E-state index is 0.387. The first-order valence-electron chi connectivity index (χ1n) is 8.34. The Morgan fingerprint density at radius 3 is 2.25 bits per heavy atom. The lowest BCUT2D eigenvalue weighted by atomic mass is 10.2. The molecule has 1 amide bonds. The van der Waals surface area contributed by atoms with Gasteiger partial charge in [0.25, 0.3) is 5.91 Å². The minimum Gasteiger partial charge on any atom is -0.427 e. The molecule has 0 saturated carbocycles. The van der Waals surface area contributed by atoms with Gasteiger partial charge >= 0.3 is 5.97 Å². The number of hydrazone groups is 1. The van der Waals surface area contributed by atoms with E-state index in [0.717, 1.165) is 10.6 Å². The zero-order chi connectivity index (χ0) is 20.7. The molecule has 1 N–H and O–H groups in total. The average molecular weight is 403 g/mol. The number of para-hydroxylation sites is 1. The Kier molecular flexibility index (Phi) is 6.89. The van der Waals surface area contributed by atoms with Gasteiger partial charge in [-0.2, -0.15) is 5.10 Å². The first-order chi connectivity index (χ1) is 13.2. The molecule has 0 aliphatic rings. The van der Waals surface area contributed by atoms with Crippen molar-refractivity contribution in [2.45, 2.75) is 19.9 Å². The Hall–Kier alpha value is -3.20. The van der Waals surface area contributed by atoms with E-state index < -0.39 is 27.9 Å².